The van der Waals surface area contributed by atoms with Crippen LogP contribution in [0.5, 0.6) is 23.0 Å². The Morgan fingerprint density at radius 3 is 2.31 bits per heavy atom. The van der Waals surface area contributed by atoms with Gasteiger partial charge in [0, 0.05) is 17.0 Å². The van der Waals surface area contributed by atoms with Crippen LogP contribution in [0.4, 0.5) is 4.79 Å². The first-order chi connectivity index (χ1) is 18.7. The first-order valence-corrected chi connectivity index (χ1v) is 14.1. The predicted molar refractivity (Wildman–Crippen MR) is 150 cm³/mol. The molecule has 0 aliphatic heterocycles. The van der Waals surface area contributed by atoms with Crippen LogP contribution in [0.1, 0.15) is 20.3 Å². The summed E-state index contributed by atoms with van der Waals surface area (Å²) in [7, 11) is 4.19. The van der Waals surface area contributed by atoms with Gasteiger partial charge in [-0.15, -0.1) is 0 Å². The molecule has 0 saturated heterocycles. The fourth-order valence-corrected chi connectivity index (χ4v) is 4.88. The second-order valence-corrected chi connectivity index (χ2v) is 10.4. The van der Waals surface area contributed by atoms with Gasteiger partial charge in [-0.2, -0.15) is 11.8 Å². The molecular weight excluding hydrogens is 546 g/mol. The summed E-state index contributed by atoms with van der Waals surface area (Å²) in [5, 5.41) is 3.12. The number of ether oxygens (including phenoxy) is 5. The number of hydrogen-bond acceptors (Lipinski definition) is 11. The van der Waals surface area contributed by atoms with Gasteiger partial charge in [0.15, 0.2) is 22.0 Å². The van der Waals surface area contributed by atoms with E-state index in [1.807, 2.05) is 20.1 Å². The lowest BCUT2D eigenvalue weighted by Gasteiger charge is -2.17. The zero-order valence-electron chi connectivity index (χ0n) is 22.5. The molecule has 3 rings (SSSR count). The van der Waals surface area contributed by atoms with E-state index in [1.54, 1.807) is 42.1 Å². The normalized spacial score (nSPS) is 11.7. The first-order valence-electron chi connectivity index (χ1n) is 11.9. The third-order valence-electron chi connectivity index (χ3n) is 5.28. The molecule has 1 N–H and O–H groups in total. The molecule has 0 aliphatic carbocycles. The van der Waals surface area contributed by atoms with Crippen molar-refractivity contribution >= 4 is 46.6 Å². The molecule has 39 heavy (non-hydrogen) atoms. The number of hydrogen-bond donors (Lipinski definition) is 1. The number of carbonyl (C=O) groups is 2. The lowest BCUT2D eigenvalue weighted by Crippen LogP contribution is -2.43. The van der Waals surface area contributed by atoms with Crippen molar-refractivity contribution in [2.24, 2.45) is 0 Å². The number of fused-ring (bicyclic) bond motifs is 1. The van der Waals surface area contributed by atoms with Crippen LogP contribution in [0.2, 0.25) is 0 Å². The van der Waals surface area contributed by atoms with Crippen molar-refractivity contribution in [1.82, 2.24) is 5.32 Å². The van der Waals surface area contributed by atoms with Crippen molar-refractivity contribution < 1.29 is 37.7 Å². The fourth-order valence-electron chi connectivity index (χ4n) is 3.60. The van der Waals surface area contributed by atoms with E-state index in [0.29, 0.717) is 28.8 Å². The van der Waals surface area contributed by atoms with Gasteiger partial charge in [-0.05, 0) is 56.5 Å². The fraction of sp³-hybridized carbons (Fsp3) is 0.370. The molecule has 10 nitrogen and oxygen atoms in total. The van der Waals surface area contributed by atoms with Crippen molar-refractivity contribution in [3.63, 3.8) is 0 Å². The summed E-state index contributed by atoms with van der Waals surface area (Å²) in [5.74, 6) is 1.35. The van der Waals surface area contributed by atoms with Crippen LogP contribution in [0.15, 0.2) is 55.6 Å². The molecule has 210 valence electrons. The number of rotatable bonds is 12. The summed E-state index contributed by atoms with van der Waals surface area (Å²) in [5.41, 5.74) is -0.0141. The van der Waals surface area contributed by atoms with Gasteiger partial charge in [-0.25, -0.2) is 9.59 Å². The molecule has 0 saturated carbocycles. The van der Waals surface area contributed by atoms with Crippen LogP contribution in [-0.2, 0) is 9.53 Å². The van der Waals surface area contributed by atoms with Crippen LogP contribution in [0.25, 0.3) is 11.0 Å². The molecule has 0 fully saturated rings. The second-order valence-electron chi connectivity index (χ2n) is 8.38. The van der Waals surface area contributed by atoms with E-state index in [1.165, 1.54) is 39.2 Å². The van der Waals surface area contributed by atoms with Crippen molar-refractivity contribution in [3.8, 4) is 23.0 Å². The Bertz CT molecular complexity index is 1360. The lowest BCUT2D eigenvalue weighted by atomic mass is 10.1. The molecule has 0 unspecified atom stereocenters. The molecule has 0 aliphatic rings. The standard InChI is InChI=1S/C27H31NO9S2/c1-15(2)35-21-14-20-23(25(33-4)24(21)32-3)19(29)13-22(37-20)39-17-9-7-16(8-10-17)36-27(31)28-18(11-12-38-6)26(30)34-5/h7-10,13-15,18H,11-12H2,1-6H3,(H,28,31)/t18-/m0/s1. The zero-order chi connectivity index (χ0) is 28.5. The van der Waals surface area contributed by atoms with Gasteiger partial charge in [0.05, 0.1) is 27.4 Å². The van der Waals surface area contributed by atoms with Crippen LogP contribution in [0, 0.1) is 0 Å². The topological polar surface area (TPSA) is 123 Å². The molecular formula is C27H31NO9S2. The maximum absolute atomic E-state index is 13.0. The largest absolute Gasteiger partial charge is 0.492 e. The number of thioether (sulfide) groups is 1. The summed E-state index contributed by atoms with van der Waals surface area (Å²) in [6.07, 6.45) is 1.41. The highest BCUT2D eigenvalue weighted by molar-refractivity contribution is 7.99. The summed E-state index contributed by atoms with van der Waals surface area (Å²) in [4.78, 5) is 38.0. The third kappa shape index (κ3) is 7.76. The van der Waals surface area contributed by atoms with E-state index < -0.39 is 18.1 Å². The third-order valence-corrected chi connectivity index (χ3v) is 6.84. The number of esters is 1. The van der Waals surface area contributed by atoms with Gasteiger partial charge in [-0.1, -0.05) is 11.8 Å². The minimum atomic E-state index is -0.800. The minimum Gasteiger partial charge on any atom is -0.492 e. The first kappa shape index (κ1) is 30.0. The van der Waals surface area contributed by atoms with E-state index in [2.05, 4.69) is 5.32 Å². The van der Waals surface area contributed by atoms with E-state index in [-0.39, 0.29) is 34.0 Å². The van der Waals surface area contributed by atoms with E-state index in [9.17, 15) is 14.4 Å². The molecule has 1 aromatic heterocycles. The molecule has 3 aromatic rings. The highest BCUT2D eigenvalue weighted by atomic mass is 32.2. The summed E-state index contributed by atoms with van der Waals surface area (Å²) < 4.78 is 32.8. The summed E-state index contributed by atoms with van der Waals surface area (Å²) in [6.45, 7) is 3.75. The molecule has 0 radical (unpaired) electrons. The molecule has 0 spiro atoms. The van der Waals surface area contributed by atoms with Gasteiger partial charge in [-0.3, -0.25) is 4.79 Å². The van der Waals surface area contributed by atoms with Crippen LogP contribution >= 0.6 is 23.5 Å². The van der Waals surface area contributed by atoms with Gasteiger partial charge < -0.3 is 33.4 Å². The van der Waals surface area contributed by atoms with Crippen LogP contribution in [0.3, 0.4) is 0 Å². The number of amides is 1. The Kier molecular flexibility index (Phi) is 10.8. The average molecular weight is 578 g/mol. The molecule has 1 atom stereocenters. The van der Waals surface area contributed by atoms with Gasteiger partial charge in [0.25, 0.3) is 0 Å². The van der Waals surface area contributed by atoms with Crippen molar-refractivity contribution in [1.29, 1.82) is 0 Å². The maximum atomic E-state index is 13.0. The molecule has 2 aromatic carbocycles. The number of methoxy groups -OCH3 is 3. The molecule has 1 amide bonds. The quantitative estimate of drug-likeness (QED) is 0.288. The van der Waals surface area contributed by atoms with E-state index in [0.717, 1.165) is 4.90 Å². The average Bonchev–Trinajstić information content (AvgIpc) is 2.90. The maximum Gasteiger partial charge on any atom is 0.413 e. The van der Waals surface area contributed by atoms with Crippen molar-refractivity contribution in [3.05, 3.63) is 46.6 Å². The smallest absolute Gasteiger partial charge is 0.413 e. The highest BCUT2D eigenvalue weighted by Gasteiger charge is 2.23. The Balaban J connectivity index is 1.78. The number of benzene rings is 2. The monoisotopic (exact) mass is 577 g/mol. The predicted octanol–water partition coefficient (Wildman–Crippen LogP) is 5.13. The number of carbonyl (C=O) groups excluding carboxylic acids is 2. The Morgan fingerprint density at radius 1 is 1.03 bits per heavy atom. The molecule has 12 heteroatoms. The van der Waals surface area contributed by atoms with Gasteiger partial charge in [0.2, 0.25) is 5.75 Å². The Morgan fingerprint density at radius 2 is 1.72 bits per heavy atom. The molecule has 1 heterocycles. The zero-order valence-corrected chi connectivity index (χ0v) is 24.2. The van der Waals surface area contributed by atoms with Gasteiger partial charge in [0.1, 0.15) is 22.8 Å². The van der Waals surface area contributed by atoms with Crippen LogP contribution < -0.4 is 29.7 Å². The van der Waals surface area contributed by atoms with Crippen LogP contribution in [-0.4, -0.2) is 57.5 Å². The second kappa shape index (κ2) is 14.0. The Labute approximate surface area is 234 Å². The van der Waals surface area contributed by atoms with Crippen molar-refractivity contribution in [2.45, 2.75) is 42.4 Å². The highest BCUT2D eigenvalue weighted by Crippen LogP contribution is 2.43. The number of nitrogens with one attached hydrogen (secondary N) is 1. The minimum absolute atomic E-state index is 0.144. The summed E-state index contributed by atoms with van der Waals surface area (Å²) >= 11 is 2.77. The molecule has 0 bridgehead atoms. The van der Waals surface area contributed by atoms with E-state index >= 15 is 0 Å². The SMILES string of the molecule is COC(=O)[C@H](CCSC)NC(=O)Oc1ccc(Sc2cc(=O)c3c(OC)c(OC)c(OC(C)C)cc3o2)cc1. The lowest BCUT2D eigenvalue weighted by molar-refractivity contribution is -0.142. The van der Waals surface area contributed by atoms with E-state index in [4.69, 9.17) is 28.1 Å². The summed E-state index contributed by atoms with van der Waals surface area (Å²) in [6, 6.07) is 8.80. The Hall–Kier alpha value is -3.51. The van der Waals surface area contributed by atoms with Crippen molar-refractivity contribution in [2.75, 3.05) is 33.3 Å². The van der Waals surface area contributed by atoms with Gasteiger partial charge >= 0.3 is 12.1 Å².